The Balaban J connectivity index is 0.683. The topological polar surface area (TPSA) is 155 Å². The fourth-order valence-electron chi connectivity index (χ4n) is 7.65. The molecule has 1 saturated heterocycles. The van der Waals surface area contributed by atoms with Crippen molar-refractivity contribution in [1.29, 1.82) is 0 Å². The van der Waals surface area contributed by atoms with E-state index >= 15 is 0 Å². The van der Waals surface area contributed by atoms with E-state index in [0.717, 1.165) is 58.1 Å². The quantitative estimate of drug-likeness (QED) is 0.0918. The number of hydrogen-bond acceptors (Lipinski definition) is 10. The van der Waals surface area contributed by atoms with Crippen molar-refractivity contribution in [3.05, 3.63) is 108 Å². The predicted octanol–water partition coefficient (Wildman–Crippen LogP) is 6.17. The van der Waals surface area contributed by atoms with Gasteiger partial charge in [0.05, 0.1) is 29.4 Å². The Kier molecular flexibility index (Phi) is 9.75. The van der Waals surface area contributed by atoms with Gasteiger partial charge in [0.25, 0.3) is 11.8 Å². The second-order valence-electron chi connectivity index (χ2n) is 14.7. The summed E-state index contributed by atoms with van der Waals surface area (Å²) in [6, 6.07) is 19.9. The molecule has 13 heteroatoms. The number of amides is 4. The van der Waals surface area contributed by atoms with Crippen LogP contribution in [0.1, 0.15) is 71.4 Å². The molecule has 0 bridgehead atoms. The largest absolute Gasteiger partial charge is 0.494 e. The third-order valence-electron chi connectivity index (χ3n) is 10.8. The van der Waals surface area contributed by atoms with Crippen molar-refractivity contribution in [2.45, 2.75) is 63.2 Å². The van der Waals surface area contributed by atoms with E-state index in [1.807, 2.05) is 48.9 Å². The lowest BCUT2D eigenvalue weighted by Crippen LogP contribution is -2.54. The molecule has 2 fully saturated rings. The van der Waals surface area contributed by atoms with Crippen LogP contribution in [-0.4, -0.2) is 72.9 Å². The molecule has 0 spiro atoms. The van der Waals surface area contributed by atoms with Crippen molar-refractivity contribution in [3.63, 3.8) is 0 Å². The van der Waals surface area contributed by atoms with Gasteiger partial charge in [-0.25, -0.2) is 9.97 Å². The highest BCUT2D eigenvalue weighted by atomic mass is 16.5. The van der Waals surface area contributed by atoms with E-state index < -0.39 is 29.7 Å². The number of pyridine rings is 3. The maximum atomic E-state index is 13.0. The Morgan fingerprint density at radius 3 is 2.41 bits per heavy atom. The number of carbonyl (C=O) groups excluding carboxylic acids is 4. The summed E-state index contributed by atoms with van der Waals surface area (Å²) in [5, 5.41) is 4.52. The van der Waals surface area contributed by atoms with Crippen molar-refractivity contribution >= 4 is 45.4 Å². The molecular formula is C45H38N6O7. The molecule has 1 aliphatic carbocycles. The first-order valence-electron chi connectivity index (χ1n) is 19.3. The van der Waals surface area contributed by atoms with Gasteiger partial charge in [-0.15, -0.1) is 0 Å². The van der Waals surface area contributed by atoms with Gasteiger partial charge in [-0.2, -0.15) is 0 Å². The summed E-state index contributed by atoms with van der Waals surface area (Å²) in [6.45, 7) is 0.405. The van der Waals surface area contributed by atoms with Crippen LogP contribution < -0.4 is 19.5 Å². The first-order chi connectivity index (χ1) is 28.3. The molecule has 13 nitrogen and oxygen atoms in total. The number of aromatic nitrogens is 4. The third kappa shape index (κ3) is 7.20. The number of benzene rings is 2. The van der Waals surface area contributed by atoms with Gasteiger partial charge in [0.15, 0.2) is 0 Å². The first-order valence-corrected chi connectivity index (χ1v) is 19.3. The number of rotatable bonds is 11. The standard InChI is InChI=1S/C45H38N6O7/c1-50-38-17-18-46-26-37(38)34-12-7-27(20-40(34)50)28-8-16-42(48-24-28)58-33-21-32(22-33)57-31-10-9-29(47-25-31)6-4-2-3-5-19-56-30-11-13-35-36(23-30)45(55)51(44(35)54)39-14-15-41(52)49-43(39)53/h7-13,16-18,20,23-26,32-33,39H,2-3,5,14-15,19,21-22H2,1H3,(H,49,52,53)/t32-,33-,39?. The van der Waals surface area contributed by atoms with Gasteiger partial charge in [-0.1, -0.05) is 18.1 Å². The molecule has 3 aliphatic rings. The second-order valence-corrected chi connectivity index (χ2v) is 14.7. The van der Waals surface area contributed by atoms with Crippen molar-refractivity contribution in [2.24, 2.45) is 7.05 Å². The van der Waals surface area contributed by atoms with Gasteiger partial charge in [0.1, 0.15) is 35.4 Å². The summed E-state index contributed by atoms with van der Waals surface area (Å²) in [6.07, 6.45) is 11.2. The van der Waals surface area contributed by atoms with E-state index in [1.165, 1.54) is 17.5 Å². The van der Waals surface area contributed by atoms with E-state index in [9.17, 15) is 19.2 Å². The lowest BCUT2D eigenvalue weighted by atomic mass is 9.92. The molecular weight excluding hydrogens is 737 g/mol. The molecule has 1 N–H and O–H groups in total. The Hall–Kier alpha value is -7.07. The number of nitrogens with zero attached hydrogens (tertiary/aromatic N) is 5. The molecule has 4 amide bonds. The van der Waals surface area contributed by atoms with Gasteiger partial charge in [0.2, 0.25) is 17.7 Å². The maximum Gasteiger partial charge on any atom is 0.262 e. The van der Waals surface area contributed by atoms with E-state index in [1.54, 1.807) is 12.3 Å². The Morgan fingerprint density at radius 1 is 0.776 bits per heavy atom. The Bertz CT molecular complexity index is 2660. The van der Waals surface area contributed by atoms with Crippen molar-refractivity contribution in [1.82, 2.24) is 29.7 Å². The fourth-order valence-corrected chi connectivity index (χ4v) is 7.65. The van der Waals surface area contributed by atoms with Gasteiger partial charge >= 0.3 is 0 Å². The zero-order valence-corrected chi connectivity index (χ0v) is 31.6. The highest BCUT2D eigenvalue weighted by Gasteiger charge is 2.44. The number of carbonyl (C=O) groups is 4. The fraction of sp³-hybridized carbons (Fsp3) is 0.267. The molecule has 1 unspecified atom stereocenters. The Labute approximate surface area is 333 Å². The minimum atomic E-state index is -1.00. The van der Waals surface area contributed by atoms with E-state index in [0.29, 0.717) is 36.1 Å². The third-order valence-corrected chi connectivity index (χ3v) is 10.8. The average molecular weight is 775 g/mol. The SMILES string of the molecule is Cn1c2ccncc2c2ccc(-c3ccc(O[C@H]4C[C@H](Oc5ccc(C#CCCCCOc6ccc7c(c6)C(=O)N(C6CCC(=O)NC6=O)C7=O)nc5)C4)nc3)cc21. The van der Waals surface area contributed by atoms with Crippen molar-refractivity contribution in [3.8, 4) is 40.3 Å². The monoisotopic (exact) mass is 774 g/mol. The van der Waals surface area contributed by atoms with Gasteiger partial charge < -0.3 is 18.8 Å². The number of hydrogen-bond donors (Lipinski definition) is 1. The van der Waals surface area contributed by atoms with E-state index in [-0.39, 0.29) is 36.2 Å². The molecule has 6 heterocycles. The van der Waals surface area contributed by atoms with Crippen LogP contribution in [-0.2, 0) is 16.6 Å². The summed E-state index contributed by atoms with van der Waals surface area (Å²) in [5.41, 5.74) is 5.48. The minimum Gasteiger partial charge on any atom is -0.494 e. The smallest absolute Gasteiger partial charge is 0.262 e. The predicted molar refractivity (Wildman–Crippen MR) is 213 cm³/mol. The van der Waals surface area contributed by atoms with Crippen LogP contribution >= 0.6 is 0 Å². The van der Waals surface area contributed by atoms with Crippen LogP contribution in [0.3, 0.4) is 0 Å². The van der Waals surface area contributed by atoms with Gasteiger partial charge in [-0.3, -0.25) is 34.4 Å². The summed E-state index contributed by atoms with van der Waals surface area (Å²) in [7, 11) is 2.08. The number of unbranched alkanes of at least 4 members (excludes halogenated alkanes) is 2. The van der Waals surface area contributed by atoms with Crippen LogP contribution in [0.15, 0.2) is 91.5 Å². The number of piperidine rings is 1. The first kappa shape index (κ1) is 36.6. The molecule has 9 rings (SSSR count). The molecule has 1 atom stereocenters. The van der Waals surface area contributed by atoms with Crippen LogP contribution in [0.4, 0.5) is 0 Å². The number of aryl methyl sites for hydroxylation is 1. The highest BCUT2D eigenvalue weighted by Crippen LogP contribution is 2.34. The van der Waals surface area contributed by atoms with Gasteiger partial charge in [0, 0.05) is 79.2 Å². The van der Waals surface area contributed by atoms with Gasteiger partial charge in [-0.05, 0) is 79.3 Å². The molecule has 58 heavy (non-hydrogen) atoms. The van der Waals surface area contributed by atoms with Crippen LogP contribution in [0, 0.1) is 11.8 Å². The lowest BCUT2D eigenvalue weighted by Gasteiger charge is -2.34. The average Bonchev–Trinajstić information content (AvgIpc) is 3.65. The van der Waals surface area contributed by atoms with E-state index in [2.05, 4.69) is 61.9 Å². The number of imide groups is 2. The number of fused-ring (bicyclic) bond motifs is 4. The van der Waals surface area contributed by atoms with E-state index in [4.69, 9.17) is 14.2 Å². The molecule has 0 radical (unpaired) electrons. The zero-order chi connectivity index (χ0) is 39.8. The minimum absolute atomic E-state index is 0.0358. The molecule has 2 aromatic carbocycles. The zero-order valence-electron chi connectivity index (χ0n) is 31.6. The van der Waals surface area contributed by atoms with Crippen molar-refractivity contribution < 1.29 is 33.4 Å². The van der Waals surface area contributed by atoms with Crippen LogP contribution in [0.25, 0.3) is 32.9 Å². The number of nitrogens with one attached hydrogen (secondary N) is 1. The summed E-state index contributed by atoms with van der Waals surface area (Å²) in [4.78, 5) is 64.0. The Morgan fingerprint density at radius 2 is 1.60 bits per heavy atom. The van der Waals surface area contributed by atoms with Crippen LogP contribution in [0.5, 0.6) is 17.4 Å². The molecule has 6 aromatic rings. The summed E-state index contributed by atoms with van der Waals surface area (Å²) < 4.78 is 20.3. The van der Waals surface area contributed by atoms with Crippen molar-refractivity contribution in [2.75, 3.05) is 6.61 Å². The molecule has 2 aliphatic heterocycles. The maximum absolute atomic E-state index is 13.0. The summed E-state index contributed by atoms with van der Waals surface area (Å²) >= 11 is 0. The normalized spacial score (nSPS) is 18.7. The lowest BCUT2D eigenvalue weighted by molar-refractivity contribution is -0.136. The molecule has 290 valence electrons. The molecule has 1 saturated carbocycles. The van der Waals surface area contributed by atoms with Crippen LogP contribution in [0.2, 0.25) is 0 Å². The molecule has 4 aromatic heterocycles. The summed E-state index contributed by atoms with van der Waals surface area (Å²) in [5.74, 6) is 5.82. The number of ether oxygens (including phenoxy) is 3. The highest BCUT2D eigenvalue weighted by molar-refractivity contribution is 6.23. The second kappa shape index (κ2) is 15.5.